The highest BCUT2D eigenvalue weighted by molar-refractivity contribution is 7.80. The Morgan fingerprint density at radius 3 is 2.74 bits per heavy atom. The van der Waals surface area contributed by atoms with Gasteiger partial charge in [0.25, 0.3) is 0 Å². The Hall–Kier alpha value is -2.31. The fraction of sp³-hybridized carbons (Fsp3) is 0.300. The number of hydrogen-bond donors (Lipinski definition) is 2. The molecule has 0 aliphatic heterocycles. The normalized spacial score (nSPS) is 10.7. The summed E-state index contributed by atoms with van der Waals surface area (Å²) >= 11 is 11.5. The number of aryl methyl sites for hydroxylation is 1. The van der Waals surface area contributed by atoms with E-state index in [2.05, 4.69) is 21.9 Å². The predicted molar refractivity (Wildman–Crippen MR) is 115 cm³/mol. The van der Waals surface area contributed by atoms with Crippen LogP contribution in [-0.2, 0) is 6.61 Å². The van der Waals surface area contributed by atoms with Crippen molar-refractivity contribution in [1.29, 1.82) is 0 Å². The van der Waals surface area contributed by atoms with E-state index in [1.165, 1.54) is 5.56 Å². The molecule has 2 N–H and O–H groups in total. The molecule has 0 saturated heterocycles. The Bertz CT molecular complexity index is 812. The standard InChI is InChI=1S/C20H24ClN3O2S/c1-4-22-20(27)24-23-12-16-10-17(21)19(18(11-16)25-5-2)26-13-15-8-6-7-14(3)9-15/h6-12H,4-5,13H2,1-3H3,(H2,22,24,27)/b23-12-. The van der Waals surface area contributed by atoms with Gasteiger partial charge in [0.1, 0.15) is 6.61 Å². The quantitative estimate of drug-likeness (QED) is 0.386. The van der Waals surface area contributed by atoms with Gasteiger partial charge in [-0.3, -0.25) is 5.43 Å². The van der Waals surface area contributed by atoms with Crippen LogP contribution >= 0.6 is 23.8 Å². The monoisotopic (exact) mass is 405 g/mol. The highest BCUT2D eigenvalue weighted by Gasteiger charge is 2.12. The Balaban J connectivity index is 2.15. The van der Waals surface area contributed by atoms with Crippen LogP contribution in [-0.4, -0.2) is 24.5 Å². The molecule has 0 atom stereocenters. The van der Waals surface area contributed by atoms with Gasteiger partial charge in [-0.25, -0.2) is 0 Å². The van der Waals surface area contributed by atoms with Gasteiger partial charge < -0.3 is 14.8 Å². The van der Waals surface area contributed by atoms with Crippen molar-refractivity contribution in [2.24, 2.45) is 5.10 Å². The number of nitrogens with one attached hydrogen (secondary N) is 2. The molecule has 0 amide bonds. The van der Waals surface area contributed by atoms with Crippen LogP contribution in [0.1, 0.15) is 30.5 Å². The van der Waals surface area contributed by atoms with Gasteiger partial charge in [0.15, 0.2) is 16.6 Å². The van der Waals surface area contributed by atoms with Crippen LogP contribution in [0.2, 0.25) is 5.02 Å². The molecule has 2 aromatic carbocycles. The average Bonchev–Trinajstić information content (AvgIpc) is 2.61. The van der Waals surface area contributed by atoms with Gasteiger partial charge in [-0.05, 0) is 56.2 Å². The van der Waals surface area contributed by atoms with Crippen LogP contribution in [0.25, 0.3) is 0 Å². The summed E-state index contributed by atoms with van der Waals surface area (Å²) in [5, 5.41) is 7.98. The third kappa shape index (κ3) is 6.73. The Morgan fingerprint density at radius 2 is 2.04 bits per heavy atom. The Labute approximate surface area is 170 Å². The highest BCUT2D eigenvalue weighted by Crippen LogP contribution is 2.37. The van der Waals surface area contributed by atoms with E-state index >= 15 is 0 Å². The number of benzene rings is 2. The van der Waals surface area contributed by atoms with Crippen molar-refractivity contribution in [1.82, 2.24) is 10.7 Å². The molecule has 144 valence electrons. The summed E-state index contributed by atoms with van der Waals surface area (Å²) in [5.41, 5.74) is 5.77. The molecule has 0 heterocycles. The molecule has 0 aliphatic carbocycles. The second-order valence-electron chi connectivity index (χ2n) is 5.77. The maximum absolute atomic E-state index is 6.43. The molecule has 5 nitrogen and oxygen atoms in total. The third-order valence-electron chi connectivity index (χ3n) is 3.51. The highest BCUT2D eigenvalue weighted by atomic mass is 35.5. The van der Waals surface area contributed by atoms with E-state index in [4.69, 9.17) is 33.3 Å². The molecule has 0 spiro atoms. The van der Waals surface area contributed by atoms with Gasteiger partial charge in [0.05, 0.1) is 17.8 Å². The van der Waals surface area contributed by atoms with E-state index in [1.54, 1.807) is 12.3 Å². The summed E-state index contributed by atoms with van der Waals surface area (Å²) in [7, 11) is 0. The SMILES string of the molecule is CCNC(=S)N/N=C\c1cc(Cl)c(OCc2cccc(C)c2)c(OCC)c1. The molecule has 27 heavy (non-hydrogen) atoms. The van der Waals surface area contributed by atoms with Crippen molar-refractivity contribution < 1.29 is 9.47 Å². The lowest BCUT2D eigenvalue weighted by molar-refractivity contribution is 0.269. The van der Waals surface area contributed by atoms with Gasteiger partial charge in [-0.2, -0.15) is 5.10 Å². The molecule has 0 unspecified atom stereocenters. The lowest BCUT2D eigenvalue weighted by Gasteiger charge is -2.14. The number of rotatable bonds is 8. The van der Waals surface area contributed by atoms with E-state index in [1.807, 2.05) is 45.0 Å². The minimum absolute atomic E-state index is 0.410. The second kappa shape index (κ2) is 10.7. The van der Waals surface area contributed by atoms with Crippen LogP contribution < -0.4 is 20.2 Å². The zero-order chi connectivity index (χ0) is 19.6. The van der Waals surface area contributed by atoms with E-state index in [9.17, 15) is 0 Å². The molecular weight excluding hydrogens is 382 g/mol. The zero-order valence-electron chi connectivity index (χ0n) is 15.7. The maximum atomic E-state index is 6.43. The van der Waals surface area contributed by atoms with Gasteiger partial charge in [0, 0.05) is 6.54 Å². The fourth-order valence-electron chi connectivity index (χ4n) is 2.39. The summed E-state index contributed by atoms with van der Waals surface area (Å²) in [6.45, 7) is 7.56. The van der Waals surface area contributed by atoms with Crippen molar-refractivity contribution in [2.75, 3.05) is 13.2 Å². The van der Waals surface area contributed by atoms with E-state index < -0.39 is 0 Å². The summed E-state index contributed by atoms with van der Waals surface area (Å²) in [6, 6.07) is 11.8. The summed E-state index contributed by atoms with van der Waals surface area (Å²) in [5.74, 6) is 1.10. The number of thiocarbonyl (C=S) groups is 1. The molecule has 7 heteroatoms. The van der Waals surface area contributed by atoms with Gasteiger partial charge >= 0.3 is 0 Å². The Morgan fingerprint density at radius 1 is 1.22 bits per heavy atom. The second-order valence-corrected chi connectivity index (χ2v) is 6.59. The van der Waals surface area contributed by atoms with Crippen molar-refractivity contribution in [3.05, 3.63) is 58.1 Å². The molecule has 2 rings (SSSR count). The number of hydrazone groups is 1. The number of nitrogens with zero attached hydrogens (tertiary/aromatic N) is 1. The van der Waals surface area contributed by atoms with Crippen molar-refractivity contribution in [3.8, 4) is 11.5 Å². The topological polar surface area (TPSA) is 54.9 Å². The first-order chi connectivity index (χ1) is 13.0. The minimum Gasteiger partial charge on any atom is -0.490 e. The summed E-state index contributed by atoms with van der Waals surface area (Å²) in [4.78, 5) is 0. The molecule has 2 aromatic rings. The maximum Gasteiger partial charge on any atom is 0.186 e. The van der Waals surface area contributed by atoms with Crippen molar-refractivity contribution in [2.45, 2.75) is 27.4 Å². The van der Waals surface area contributed by atoms with Crippen LogP contribution in [0.3, 0.4) is 0 Å². The van der Waals surface area contributed by atoms with E-state index in [0.29, 0.717) is 34.8 Å². The van der Waals surface area contributed by atoms with E-state index in [0.717, 1.165) is 17.7 Å². The lowest BCUT2D eigenvalue weighted by Crippen LogP contribution is -2.31. The average molecular weight is 406 g/mol. The lowest BCUT2D eigenvalue weighted by atomic mass is 10.1. The predicted octanol–water partition coefficient (Wildman–Crippen LogP) is 4.44. The van der Waals surface area contributed by atoms with Crippen LogP contribution in [0, 0.1) is 6.92 Å². The number of ether oxygens (including phenoxy) is 2. The van der Waals surface area contributed by atoms with Crippen LogP contribution in [0.4, 0.5) is 0 Å². The van der Waals surface area contributed by atoms with Gasteiger partial charge in [-0.1, -0.05) is 41.4 Å². The molecule has 0 aliphatic rings. The molecular formula is C20H24ClN3O2S. The van der Waals surface area contributed by atoms with Gasteiger partial charge in [-0.15, -0.1) is 0 Å². The Kier molecular flexibility index (Phi) is 8.36. The molecule has 0 bridgehead atoms. The smallest absolute Gasteiger partial charge is 0.186 e. The summed E-state index contributed by atoms with van der Waals surface area (Å²) < 4.78 is 11.7. The largest absolute Gasteiger partial charge is 0.490 e. The van der Waals surface area contributed by atoms with Gasteiger partial charge in [0.2, 0.25) is 0 Å². The zero-order valence-corrected chi connectivity index (χ0v) is 17.3. The summed E-state index contributed by atoms with van der Waals surface area (Å²) in [6.07, 6.45) is 1.63. The molecule has 0 radical (unpaired) electrons. The molecule has 0 aromatic heterocycles. The molecule has 0 fully saturated rings. The number of hydrogen-bond acceptors (Lipinski definition) is 4. The first-order valence-corrected chi connectivity index (χ1v) is 9.53. The van der Waals surface area contributed by atoms with Crippen LogP contribution in [0.5, 0.6) is 11.5 Å². The molecule has 0 saturated carbocycles. The van der Waals surface area contributed by atoms with Crippen LogP contribution in [0.15, 0.2) is 41.5 Å². The first-order valence-electron chi connectivity index (χ1n) is 8.75. The number of halogens is 1. The van der Waals surface area contributed by atoms with E-state index in [-0.39, 0.29) is 0 Å². The minimum atomic E-state index is 0.410. The van der Waals surface area contributed by atoms with Crippen molar-refractivity contribution in [3.63, 3.8) is 0 Å². The van der Waals surface area contributed by atoms with Crippen molar-refractivity contribution >= 4 is 35.1 Å². The third-order valence-corrected chi connectivity index (χ3v) is 4.03. The fourth-order valence-corrected chi connectivity index (χ4v) is 2.86. The first kappa shape index (κ1) is 21.0.